The molecule has 0 unspecified atom stereocenters. The van der Waals surface area contributed by atoms with Crippen LogP contribution in [-0.2, 0) is 6.18 Å². The SMILES string of the molecule is FC(F)(F)c1ncn(-c2ccc(C3CC3)cc2C2CC2)n1. The van der Waals surface area contributed by atoms with E-state index in [1.807, 2.05) is 12.1 Å². The minimum atomic E-state index is -4.50. The molecule has 4 rings (SSSR count). The molecule has 0 aliphatic heterocycles. The van der Waals surface area contributed by atoms with E-state index in [4.69, 9.17) is 0 Å². The summed E-state index contributed by atoms with van der Waals surface area (Å²) in [4.78, 5) is 3.38. The molecule has 2 saturated carbocycles. The zero-order chi connectivity index (χ0) is 14.6. The van der Waals surface area contributed by atoms with Crippen LogP contribution in [0.15, 0.2) is 24.5 Å². The second kappa shape index (κ2) is 4.32. The highest BCUT2D eigenvalue weighted by molar-refractivity contribution is 5.48. The molecule has 0 radical (unpaired) electrons. The smallest absolute Gasteiger partial charge is 0.220 e. The molecule has 6 heteroatoms. The standard InChI is InChI=1S/C15H14F3N3/c16-15(17,18)14-19-8-21(20-14)13-6-5-11(9-1-2-9)7-12(13)10-3-4-10/h5-10H,1-4H2. The van der Waals surface area contributed by atoms with E-state index in [1.54, 1.807) is 0 Å². The van der Waals surface area contributed by atoms with Crippen molar-refractivity contribution in [3.05, 3.63) is 41.5 Å². The molecule has 0 spiro atoms. The van der Waals surface area contributed by atoms with Gasteiger partial charge in [-0.1, -0.05) is 12.1 Å². The van der Waals surface area contributed by atoms with Gasteiger partial charge in [-0.15, -0.1) is 5.10 Å². The number of benzene rings is 1. The number of hydrogen-bond acceptors (Lipinski definition) is 2. The molecule has 3 nitrogen and oxygen atoms in total. The van der Waals surface area contributed by atoms with Crippen molar-refractivity contribution in [2.45, 2.75) is 43.7 Å². The zero-order valence-electron chi connectivity index (χ0n) is 11.3. The quantitative estimate of drug-likeness (QED) is 0.855. The maximum absolute atomic E-state index is 12.6. The van der Waals surface area contributed by atoms with E-state index in [1.165, 1.54) is 23.1 Å². The Morgan fingerprint density at radius 1 is 1.05 bits per heavy atom. The van der Waals surface area contributed by atoms with Gasteiger partial charge in [0.1, 0.15) is 6.33 Å². The molecule has 1 aromatic carbocycles. The molecule has 1 heterocycles. The zero-order valence-corrected chi connectivity index (χ0v) is 11.3. The third-order valence-corrected chi connectivity index (χ3v) is 4.11. The minimum absolute atomic E-state index is 0.456. The van der Waals surface area contributed by atoms with Gasteiger partial charge in [-0.2, -0.15) is 13.2 Å². The third-order valence-electron chi connectivity index (χ3n) is 4.11. The normalized spacial score (nSPS) is 19.0. The average molecular weight is 293 g/mol. The summed E-state index contributed by atoms with van der Waals surface area (Å²) in [5, 5.41) is 3.59. The molecule has 2 aromatic rings. The number of alkyl halides is 3. The van der Waals surface area contributed by atoms with Crippen molar-refractivity contribution >= 4 is 0 Å². The Hall–Kier alpha value is -1.85. The van der Waals surface area contributed by atoms with Crippen LogP contribution < -0.4 is 0 Å². The first kappa shape index (κ1) is 12.9. The van der Waals surface area contributed by atoms with Crippen LogP contribution in [0.3, 0.4) is 0 Å². The van der Waals surface area contributed by atoms with Crippen LogP contribution in [0.4, 0.5) is 13.2 Å². The number of hydrogen-bond donors (Lipinski definition) is 0. The Morgan fingerprint density at radius 2 is 1.76 bits per heavy atom. The van der Waals surface area contributed by atoms with Crippen molar-refractivity contribution in [1.29, 1.82) is 0 Å². The number of rotatable bonds is 3. The molecule has 0 N–H and O–H groups in total. The van der Waals surface area contributed by atoms with Gasteiger partial charge in [-0.25, -0.2) is 9.67 Å². The number of nitrogens with zero attached hydrogens (tertiary/aromatic N) is 3. The second-order valence-electron chi connectivity index (χ2n) is 5.88. The van der Waals surface area contributed by atoms with E-state index in [-0.39, 0.29) is 0 Å². The Bertz CT molecular complexity index is 682. The lowest BCUT2D eigenvalue weighted by molar-refractivity contribution is -0.144. The highest BCUT2D eigenvalue weighted by Gasteiger charge is 2.36. The maximum Gasteiger partial charge on any atom is 0.453 e. The summed E-state index contributed by atoms with van der Waals surface area (Å²) < 4.78 is 39.1. The second-order valence-corrected chi connectivity index (χ2v) is 5.88. The average Bonchev–Trinajstić information content (AvgIpc) is 3.35. The predicted molar refractivity (Wildman–Crippen MR) is 70.3 cm³/mol. The molecular formula is C15H14F3N3. The van der Waals surface area contributed by atoms with Crippen molar-refractivity contribution in [3.8, 4) is 5.69 Å². The van der Waals surface area contributed by atoms with Gasteiger partial charge in [0.2, 0.25) is 0 Å². The highest BCUT2D eigenvalue weighted by atomic mass is 19.4. The van der Waals surface area contributed by atoms with Crippen LogP contribution >= 0.6 is 0 Å². The molecule has 0 saturated heterocycles. The molecule has 0 atom stereocenters. The van der Waals surface area contributed by atoms with E-state index < -0.39 is 12.0 Å². The number of aromatic nitrogens is 3. The summed E-state index contributed by atoms with van der Waals surface area (Å²) in [6.07, 6.45) is 1.28. The summed E-state index contributed by atoms with van der Waals surface area (Å²) in [5.74, 6) is 0.00536. The van der Waals surface area contributed by atoms with Crippen LogP contribution in [0, 0.1) is 0 Å². The van der Waals surface area contributed by atoms with Gasteiger partial charge < -0.3 is 0 Å². The fourth-order valence-corrected chi connectivity index (χ4v) is 2.68. The molecule has 21 heavy (non-hydrogen) atoms. The molecular weight excluding hydrogens is 279 g/mol. The Labute approximate surface area is 119 Å². The lowest BCUT2D eigenvalue weighted by Gasteiger charge is -2.10. The van der Waals surface area contributed by atoms with Crippen LogP contribution in [0.2, 0.25) is 0 Å². The van der Waals surface area contributed by atoms with Crippen molar-refractivity contribution in [2.24, 2.45) is 0 Å². The minimum Gasteiger partial charge on any atom is -0.220 e. The summed E-state index contributed by atoms with van der Waals surface area (Å²) in [6, 6.07) is 6.05. The van der Waals surface area contributed by atoms with E-state index in [0.717, 1.165) is 30.4 Å². The third kappa shape index (κ3) is 2.43. The maximum atomic E-state index is 12.6. The molecule has 0 bridgehead atoms. The monoisotopic (exact) mass is 293 g/mol. The van der Waals surface area contributed by atoms with Gasteiger partial charge in [0.05, 0.1) is 5.69 Å². The van der Waals surface area contributed by atoms with Gasteiger partial charge in [0.15, 0.2) is 0 Å². The summed E-state index contributed by atoms with van der Waals surface area (Å²) in [7, 11) is 0. The summed E-state index contributed by atoms with van der Waals surface area (Å²) in [6.45, 7) is 0. The molecule has 110 valence electrons. The summed E-state index contributed by atoms with van der Waals surface area (Å²) in [5.41, 5.74) is 3.14. The first-order valence-corrected chi connectivity index (χ1v) is 7.15. The Kier molecular flexibility index (Phi) is 2.65. The Morgan fingerprint density at radius 3 is 2.33 bits per heavy atom. The van der Waals surface area contributed by atoms with Crippen LogP contribution in [-0.4, -0.2) is 14.8 Å². The number of halogens is 3. The van der Waals surface area contributed by atoms with Gasteiger partial charge in [-0.3, -0.25) is 0 Å². The Balaban J connectivity index is 1.75. The fraction of sp³-hybridized carbons (Fsp3) is 0.467. The molecule has 2 aliphatic carbocycles. The predicted octanol–water partition coefficient (Wildman–Crippen LogP) is 4.04. The molecule has 1 aromatic heterocycles. The van der Waals surface area contributed by atoms with Gasteiger partial charge in [0, 0.05) is 0 Å². The van der Waals surface area contributed by atoms with Crippen LogP contribution in [0.5, 0.6) is 0 Å². The highest BCUT2D eigenvalue weighted by Crippen LogP contribution is 2.46. The first-order valence-electron chi connectivity index (χ1n) is 7.15. The molecule has 2 aliphatic rings. The van der Waals surface area contributed by atoms with Crippen molar-refractivity contribution < 1.29 is 13.2 Å². The van der Waals surface area contributed by atoms with E-state index >= 15 is 0 Å². The van der Waals surface area contributed by atoms with Gasteiger partial charge in [-0.05, 0) is 54.7 Å². The van der Waals surface area contributed by atoms with E-state index in [2.05, 4.69) is 16.1 Å². The van der Waals surface area contributed by atoms with Gasteiger partial charge >= 0.3 is 6.18 Å². The van der Waals surface area contributed by atoms with Crippen molar-refractivity contribution in [1.82, 2.24) is 14.8 Å². The van der Waals surface area contributed by atoms with Crippen LogP contribution in [0.1, 0.15) is 54.5 Å². The molecule has 2 fully saturated rings. The fourth-order valence-electron chi connectivity index (χ4n) is 2.68. The lowest BCUT2D eigenvalue weighted by atomic mass is 10.0. The van der Waals surface area contributed by atoms with Crippen molar-refractivity contribution in [2.75, 3.05) is 0 Å². The molecule has 0 amide bonds. The topological polar surface area (TPSA) is 30.7 Å². The largest absolute Gasteiger partial charge is 0.453 e. The van der Waals surface area contributed by atoms with Crippen molar-refractivity contribution in [3.63, 3.8) is 0 Å². The van der Waals surface area contributed by atoms with Gasteiger partial charge in [0.25, 0.3) is 5.82 Å². The summed E-state index contributed by atoms with van der Waals surface area (Å²) >= 11 is 0. The van der Waals surface area contributed by atoms with Crippen LogP contribution in [0.25, 0.3) is 5.69 Å². The first-order chi connectivity index (χ1) is 10.0. The van der Waals surface area contributed by atoms with E-state index in [9.17, 15) is 13.2 Å². The lowest BCUT2D eigenvalue weighted by Crippen LogP contribution is -2.09. The van der Waals surface area contributed by atoms with E-state index in [0.29, 0.717) is 11.8 Å².